The summed E-state index contributed by atoms with van der Waals surface area (Å²) in [5.74, 6) is 0.875. The zero-order valence-electron chi connectivity index (χ0n) is 25.4. The van der Waals surface area contributed by atoms with Crippen LogP contribution in [0, 0.1) is 5.82 Å². The molecule has 0 radical (unpaired) electrons. The molecule has 0 spiro atoms. The van der Waals surface area contributed by atoms with E-state index in [-0.39, 0.29) is 30.3 Å². The normalized spacial score (nSPS) is 14.5. The van der Waals surface area contributed by atoms with Gasteiger partial charge in [0, 0.05) is 43.1 Å². The van der Waals surface area contributed by atoms with Crippen molar-refractivity contribution in [2.75, 3.05) is 40.5 Å². The van der Waals surface area contributed by atoms with Gasteiger partial charge in [-0.1, -0.05) is 18.2 Å². The van der Waals surface area contributed by atoms with Crippen LogP contribution in [-0.2, 0) is 27.7 Å². The molecule has 1 saturated heterocycles. The first-order chi connectivity index (χ1) is 21.5. The smallest absolute Gasteiger partial charge is 0.326 e. The maximum atomic E-state index is 13.6. The Labute approximate surface area is 278 Å². The molecule has 46 heavy (non-hydrogen) atoms. The summed E-state index contributed by atoms with van der Waals surface area (Å²) < 4.78 is 56.8. The second-order valence-corrected chi connectivity index (χ2v) is 14.0. The standard InChI is InChI=1S/C33H35FN4O5S2.ClH/c1-44(40)32-5-3-4-29(22-32)38(33(39)35-26-10-8-25(34)9-11-26)28-18-20-37(21-19-28)23-24-6-14-30(15-7-24)43-31-16-12-27(13-17-31)36-45(2,41)42;/h3-17,22,28,36H,18-21,23H2,1-2H3,(H,35,39);1H. The molecule has 1 fully saturated rings. The van der Waals surface area contributed by atoms with Crippen molar-refractivity contribution < 1.29 is 26.9 Å². The van der Waals surface area contributed by atoms with Crippen molar-refractivity contribution >= 4 is 56.7 Å². The molecule has 0 bridgehead atoms. The molecule has 13 heteroatoms. The fourth-order valence-corrected chi connectivity index (χ4v) is 6.34. The summed E-state index contributed by atoms with van der Waals surface area (Å²) >= 11 is -1.20. The van der Waals surface area contributed by atoms with Crippen LogP contribution in [0.25, 0.3) is 0 Å². The second kappa shape index (κ2) is 15.7. The first kappa shape index (κ1) is 35.1. The van der Waals surface area contributed by atoms with Crippen LogP contribution in [0.4, 0.5) is 26.2 Å². The van der Waals surface area contributed by atoms with Gasteiger partial charge in [-0.25, -0.2) is 17.6 Å². The Morgan fingerprint density at radius 3 is 2.13 bits per heavy atom. The van der Waals surface area contributed by atoms with Gasteiger partial charge in [0.05, 0.1) is 11.9 Å². The number of urea groups is 1. The summed E-state index contributed by atoms with van der Waals surface area (Å²) in [5.41, 5.74) is 2.74. The van der Waals surface area contributed by atoms with Crippen molar-refractivity contribution in [3.8, 4) is 11.5 Å². The van der Waals surface area contributed by atoms with Crippen LogP contribution in [-0.4, -0.2) is 55.5 Å². The van der Waals surface area contributed by atoms with Crippen molar-refractivity contribution in [3.63, 3.8) is 0 Å². The van der Waals surface area contributed by atoms with Crippen molar-refractivity contribution in [2.45, 2.75) is 30.3 Å². The van der Waals surface area contributed by atoms with E-state index in [0.717, 1.165) is 44.3 Å². The predicted molar refractivity (Wildman–Crippen MR) is 184 cm³/mol. The zero-order chi connectivity index (χ0) is 32.0. The molecular weight excluding hydrogens is 651 g/mol. The molecule has 2 amide bonds. The number of hydrogen-bond donors (Lipinski definition) is 2. The van der Waals surface area contributed by atoms with E-state index in [1.54, 1.807) is 53.6 Å². The first-order valence-electron chi connectivity index (χ1n) is 14.4. The summed E-state index contributed by atoms with van der Waals surface area (Å²) in [6.45, 7) is 2.29. The van der Waals surface area contributed by atoms with E-state index >= 15 is 0 Å². The SMILES string of the molecule is C[S+]([O-])c1cccc(N(C(=O)Nc2ccc(F)cc2)C2CCN(Cc3ccc(Oc4ccc(NS(C)(=O)=O)cc4)cc3)CC2)c1.Cl. The lowest BCUT2D eigenvalue weighted by atomic mass is 10.0. The van der Waals surface area contributed by atoms with E-state index in [9.17, 15) is 22.2 Å². The molecule has 2 N–H and O–H groups in total. The van der Waals surface area contributed by atoms with Crippen LogP contribution in [0.15, 0.2) is 102 Å². The Morgan fingerprint density at radius 1 is 0.957 bits per heavy atom. The minimum Gasteiger partial charge on any atom is -0.612 e. The summed E-state index contributed by atoms with van der Waals surface area (Å²) in [7, 11) is -3.34. The van der Waals surface area contributed by atoms with Gasteiger partial charge in [0.1, 0.15) is 23.6 Å². The average molecular weight is 687 g/mol. The molecule has 1 unspecified atom stereocenters. The van der Waals surface area contributed by atoms with E-state index < -0.39 is 21.2 Å². The second-order valence-electron chi connectivity index (χ2n) is 10.9. The van der Waals surface area contributed by atoms with Crippen molar-refractivity contribution in [1.29, 1.82) is 0 Å². The van der Waals surface area contributed by atoms with Crippen molar-refractivity contribution in [2.24, 2.45) is 0 Å². The summed E-state index contributed by atoms with van der Waals surface area (Å²) in [5, 5.41) is 2.89. The number of halogens is 2. The lowest BCUT2D eigenvalue weighted by Crippen LogP contribution is -2.49. The number of sulfonamides is 1. The number of carbonyl (C=O) groups is 1. The van der Waals surface area contributed by atoms with Crippen LogP contribution >= 0.6 is 12.4 Å². The monoisotopic (exact) mass is 686 g/mol. The molecular formula is C33H36ClFN4O5S2. The number of nitrogens with zero attached hydrogens (tertiary/aromatic N) is 2. The van der Waals surface area contributed by atoms with Crippen molar-refractivity contribution in [3.05, 3.63) is 108 Å². The van der Waals surface area contributed by atoms with E-state index in [1.165, 1.54) is 24.3 Å². The zero-order valence-corrected chi connectivity index (χ0v) is 27.8. The van der Waals surface area contributed by atoms with Gasteiger partial charge in [-0.05, 0) is 102 Å². The van der Waals surface area contributed by atoms with E-state index in [4.69, 9.17) is 4.74 Å². The van der Waals surface area contributed by atoms with E-state index in [1.807, 2.05) is 30.3 Å². The number of benzene rings is 4. The number of ether oxygens (including phenoxy) is 1. The first-order valence-corrected chi connectivity index (χ1v) is 17.8. The molecule has 5 rings (SSSR count). The highest BCUT2D eigenvalue weighted by molar-refractivity contribution is 7.92. The van der Waals surface area contributed by atoms with Gasteiger partial charge in [0.25, 0.3) is 0 Å². The Bertz CT molecular complexity index is 1700. The highest BCUT2D eigenvalue weighted by atomic mass is 35.5. The van der Waals surface area contributed by atoms with E-state index in [0.29, 0.717) is 33.5 Å². The minimum absolute atomic E-state index is 0. The topological polar surface area (TPSA) is 114 Å². The molecule has 244 valence electrons. The summed E-state index contributed by atoms with van der Waals surface area (Å²) in [4.78, 5) is 18.3. The third kappa shape index (κ3) is 9.84. The number of amides is 2. The third-order valence-corrected chi connectivity index (χ3v) is 8.91. The molecule has 0 saturated carbocycles. The highest BCUT2D eigenvalue weighted by Crippen LogP contribution is 2.29. The van der Waals surface area contributed by atoms with Crippen molar-refractivity contribution in [1.82, 2.24) is 4.90 Å². The summed E-state index contributed by atoms with van der Waals surface area (Å²) in [6, 6.07) is 27.0. The molecule has 1 aliphatic rings. The quantitative estimate of drug-likeness (QED) is 0.176. The highest BCUT2D eigenvalue weighted by Gasteiger charge is 2.30. The summed E-state index contributed by atoms with van der Waals surface area (Å²) in [6.07, 6.45) is 4.19. The lowest BCUT2D eigenvalue weighted by Gasteiger charge is -2.38. The maximum absolute atomic E-state index is 13.6. The Balaban J connectivity index is 0.00000480. The largest absolute Gasteiger partial charge is 0.612 e. The molecule has 4 aromatic carbocycles. The Hall–Kier alpha value is -3.81. The van der Waals surface area contributed by atoms with Crippen LogP contribution in [0.3, 0.4) is 0 Å². The van der Waals surface area contributed by atoms with Crippen LogP contribution < -0.4 is 19.7 Å². The molecule has 0 aromatic heterocycles. The average Bonchev–Trinajstić information content (AvgIpc) is 3.01. The fraction of sp³-hybridized carbons (Fsp3) is 0.242. The predicted octanol–water partition coefficient (Wildman–Crippen LogP) is 6.85. The van der Waals surface area contributed by atoms with Crippen LogP contribution in [0.1, 0.15) is 18.4 Å². The minimum atomic E-state index is -3.34. The Morgan fingerprint density at radius 2 is 1.54 bits per heavy atom. The third-order valence-electron chi connectivity index (χ3n) is 7.39. The number of piperidine rings is 1. The van der Waals surface area contributed by atoms with Gasteiger partial charge < -0.3 is 14.6 Å². The number of rotatable bonds is 10. The number of carbonyl (C=O) groups excluding carboxylic acids is 1. The molecule has 1 atom stereocenters. The van der Waals surface area contributed by atoms with Gasteiger partial charge in [-0.3, -0.25) is 14.5 Å². The molecule has 9 nitrogen and oxygen atoms in total. The number of nitrogens with one attached hydrogen (secondary N) is 2. The number of anilines is 3. The van der Waals surface area contributed by atoms with Crippen LogP contribution in [0.5, 0.6) is 11.5 Å². The number of likely N-dealkylation sites (tertiary alicyclic amines) is 1. The number of hydrogen-bond acceptors (Lipinski definition) is 6. The lowest BCUT2D eigenvalue weighted by molar-refractivity contribution is 0.199. The van der Waals surface area contributed by atoms with Gasteiger partial charge in [0.2, 0.25) is 10.0 Å². The Kier molecular flexibility index (Phi) is 11.9. The maximum Gasteiger partial charge on any atom is 0.326 e. The fourth-order valence-electron chi connectivity index (χ4n) is 5.22. The van der Waals surface area contributed by atoms with Gasteiger partial charge in [-0.15, -0.1) is 12.4 Å². The molecule has 4 aromatic rings. The van der Waals surface area contributed by atoms with Gasteiger partial charge in [0.15, 0.2) is 4.90 Å². The van der Waals surface area contributed by atoms with Crippen LogP contribution in [0.2, 0.25) is 0 Å². The molecule has 0 aliphatic carbocycles. The van der Waals surface area contributed by atoms with Gasteiger partial charge >= 0.3 is 6.03 Å². The van der Waals surface area contributed by atoms with E-state index in [2.05, 4.69) is 14.9 Å². The molecule has 1 heterocycles. The van der Waals surface area contributed by atoms with Gasteiger partial charge in [-0.2, -0.15) is 0 Å². The molecule has 1 aliphatic heterocycles.